The van der Waals surface area contributed by atoms with E-state index in [0.717, 1.165) is 6.42 Å². The molecule has 2 rings (SSSR count). The molecule has 1 N–H and O–H groups in total. The van der Waals surface area contributed by atoms with Crippen LogP contribution in [0.25, 0.3) is 0 Å². The highest BCUT2D eigenvalue weighted by Crippen LogP contribution is 2.47. The third-order valence-corrected chi connectivity index (χ3v) is 3.43. The molecular formula is C9H12OS. The molecule has 1 unspecified atom stereocenters. The van der Waals surface area contributed by atoms with Crippen molar-refractivity contribution in [1.82, 2.24) is 0 Å². The van der Waals surface area contributed by atoms with Gasteiger partial charge in [0.1, 0.15) is 0 Å². The molecule has 0 aliphatic heterocycles. The molecule has 0 spiro atoms. The molecule has 1 aliphatic carbocycles. The van der Waals surface area contributed by atoms with Crippen molar-refractivity contribution in [2.45, 2.75) is 26.4 Å². The van der Waals surface area contributed by atoms with Gasteiger partial charge in [0.2, 0.25) is 0 Å². The summed E-state index contributed by atoms with van der Waals surface area (Å²) in [5.74, 6) is 0. The zero-order valence-electron chi connectivity index (χ0n) is 6.79. The average Bonchev–Trinajstić information content (AvgIpc) is 2.39. The van der Waals surface area contributed by atoms with E-state index in [1.54, 1.807) is 11.3 Å². The minimum absolute atomic E-state index is 0.0580. The zero-order valence-corrected chi connectivity index (χ0v) is 7.61. The van der Waals surface area contributed by atoms with Crippen LogP contribution in [0.3, 0.4) is 0 Å². The van der Waals surface area contributed by atoms with Gasteiger partial charge >= 0.3 is 0 Å². The monoisotopic (exact) mass is 168 g/mol. The molecular weight excluding hydrogens is 156 g/mol. The first kappa shape index (κ1) is 7.32. The fraction of sp³-hybridized carbons (Fsp3) is 0.556. The number of rotatable bonds is 0. The first-order chi connectivity index (χ1) is 5.11. The molecule has 1 nitrogen and oxygen atoms in total. The molecule has 60 valence electrons. The van der Waals surface area contributed by atoms with E-state index in [1.165, 1.54) is 10.4 Å². The van der Waals surface area contributed by atoms with Crippen LogP contribution in [-0.4, -0.2) is 5.11 Å². The second-order valence-corrected chi connectivity index (χ2v) is 4.83. The fourth-order valence-corrected chi connectivity index (χ4v) is 2.79. The summed E-state index contributed by atoms with van der Waals surface area (Å²) >= 11 is 1.67. The summed E-state index contributed by atoms with van der Waals surface area (Å²) in [7, 11) is 0. The standard InChI is InChI=1S/C9H12OS/c1-9(2)5-6-3-4-11-7(6)8(9)10/h3-4,8,10H,5H2,1-2H3. The van der Waals surface area contributed by atoms with Crippen LogP contribution in [0.2, 0.25) is 0 Å². The molecule has 1 aromatic rings. The molecule has 1 aliphatic rings. The summed E-state index contributed by atoms with van der Waals surface area (Å²) in [4.78, 5) is 1.18. The van der Waals surface area contributed by atoms with Gasteiger partial charge in [0.25, 0.3) is 0 Å². The molecule has 0 saturated carbocycles. The lowest BCUT2D eigenvalue weighted by Gasteiger charge is -2.21. The predicted molar refractivity (Wildman–Crippen MR) is 46.8 cm³/mol. The predicted octanol–water partition coefficient (Wildman–Crippen LogP) is 2.36. The molecule has 0 aromatic carbocycles. The van der Waals surface area contributed by atoms with Crippen molar-refractivity contribution in [1.29, 1.82) is 0 Å². The summed E-state index contributed by atoms with van der Waals surface area (Å²) in [6, 6.07) is 2.12. The Bertz CT molecular complexity index is 275. The first-order valence-corrected chi connectivity index (χ1v) is 4.73. The lowest BCUT2D eigenvalue weighted by molar-refractivity contribution is 0.0689. The number of hydrogen-bond donors (Lipinski definition) is 1. The van der Waals surface area contributed by atoms with Crippen molar-refractivity contribution in [3.63, 3.8) is 0 Å². The van der Waals surface area contributed by atoms with Crippen LogP contribution < -0.4 is 0 Å². The van der Waals surface area contributed by atoms with E-state index in [9.17, 15) is 5.11 Å². The Morgan fingerprint density at radius 2 is 2.36 bits per heavy atom. The van der Waals surface area contributed by atoms with Gasteiger partial charge in [0, 0.05) is 4.88 Å². The average molecular weight is 168 g/mol. The minimum Gasteiger partial charge on any atom is -0.387 e. The third kappa shape index (κ3) is 0.932. The van der Waals surface area contributed by atoms with Crippen LogP contribution in [0.1, 0.15) is 30.4 Å². The molecule has 1 aromatic heterocycles. The first-order valence-electron chi connectivity index (χ1n) is 3.85. The summed E-state index contributed by atoms with van der Waals surface area (Å²) < 4.78 is 0. The Hall–Kier alpha value is -0.340. The van der Waals surface area contributed by atoms with Crippen molar-refractivity contribution in [2.75, 3.05) is 0 Å². The fourth-order valence-electron chi connectivity index (χ4n) is 1.68. The second-order valence-electron chi connectivity index (χ2n) is 3.88. The van der Waals surface area contributed by atoms with Gasteiger partial charge in [-0.25, -0.2) is 0 Å². The summed E-state index contributed by atoms with van der Waals surface area (Å²) in [6.07, 6.45) is 0.782. The SMILES string of the molecule is CC1(C)Cc2ccsc2C1O. The maximum atomic E-state index is 9.81. The Morgan fingerprint density at radius 3 is 3.00 bits per heavy atom. The van der Waals surface area contributed by atoms with E-state index in [1.807, 2.05) is 0 Å². The quantitative estimate of drug-likeness (QED) is 0.630. The second kappa shape index (κ2) is 2.08. The van der Waals surface area contributed by atoms with E-state index >= 15 is 0 Å². The Balaban J connectivity index is 2.45. The van der Waals surface area contributed by atoms with Gasteiger partial charge in [0.15, 0.2) is 0 Å². The van der Waals surface area contributed by atoms with Crippen molar-refractivity contribution in [3.8, 4) is 0 Å². The molecule has 0 radical (unpaired) electrons. The lowest BCUT2D eigenvalue weighted by Crippen LogP contribution is -2.16. The number of hydrogen-bond acceptors (Lipinski definition) is 2. The van der Waals surface area contributed by atoms with E-state index in [4.69, 9.17) is 0 Å². The van der Waals surface area contributed by atoms with Crippen molar-refractivity contribution in [3.05, 3.63) is 21.9 Å². The van der Waals surface area contributed by atoms with Gasteiger partial charge in [-0.2, -0.15) is 0 Å². The molecule has 11 heavy (non-hydrogen) atoms. The summed E-state index contributed by atoms with van der Waals surface area (Å²) in [6.45, 7) is 4.23. The number of thiophene rings is 1. The van der Waals surface area contributed by atoms with Crippen molar-refractivity contribution >= 4 is 11.3 Å². The smallest absolute Gasteiger partial charge is 0.0938 e. The van der Waals surface area contributed by atoms with E-state index < -0.39 is 0 Å². The van der Waals surface area contributed by atoms with Gasteiger partial charge in [0.05, 0.1) is 6.10 Å². The Kier molecular flexibility index (Phi) is 1.38. The topological polar surface area (TPSA) is 20.2 Å². The minimum atomic E-state index is -0.238. The Morgan fingerprint density at radius 1 is 1.64 bits per heavy atom. The maximum Gasteiger partial charge on any atom is 0.0938 e. The number of aliphatic hydroxyl groups excluding tert-OH is 1. The maximum absolute atomic E-state index is 9.81. The molecule has 2 heteroatoms. The van der Waals surface area contributed by atoms with Crippen LogP contribution in [-0.2, 0) is 6.42 Å². The van der Waals surface area contributed by atoms with Crippen LogP contribution >= 0.6 is 11.3 Å². The third-order valence-electron chi connectivity index (χ3n) is 2.42. The van der Waals surface area contributed by atoms with Gasteiger partial charge in [-0.15, -0.1) is 11.3 Å². The van der Waals surface area contributed by atoms with Crippen LogP contribution in [0.5, 0.6) is 0 Å². The number of fused-ring (bicyclic) bond motifs is 1. The zero-order chi connectivity index (χ0) is 8.06. The Labute approximate surface area is 70.7 Å². The number of aliphatic hydroxyl groups is 1. The highest BCUT2D eigenvalue weighted by Gasteiger charge is 2.38. The van der Waals surface area contributed by atoms with Crippen LogP contribution in [0.15, 0.2) is 11.4 Å². The molecule has 0 amide bonds. The molecule has 0 fully saturated rings. The van der Waals surface area contributed by atoms with E-state index in [2.05, 4.69) is 25.3 Å². The van der Waals surface area contributed by atoms with Gasteiger partial charge in [-0.05, 0) is 28.8 Å². The molecule has 0 bridgehead atoms. The molecule has 0 saturated heterocycles. The van der Waals surface area contributed by atoms with Gasteiger partial charge in [-0.1, -0.05) is 13.8 Å². The normalized spacial score (nSPS) is 27.0. The summed E-state index contributed by atoms with van der Waals surface area (Å²) in [5, 5.41) is 11.9. The lowest BCUT2D eigenvalue weighted by atomic mass is 9.88. The molecule has 1 atom stereocenters. The van der Waals surface area contributed by atoms with E-state index in [0.29, 0.717) is 0 Å². The largest absolute Gasteiger partial charge is 0.387 e. The highest BCUT2D eigenvalue weighted by atomic mass is 32.1. The highest BCUT2D eigenvalue weighted by molar-refractivity contribution is 7.10. The van der Waals surface area contributed by atoms with Gasteiger partial charge < -0.3 is 5.11 Å². The van der Waals surface area contributed by atoms with E-state index in [-0.39, 0.29) is 11.5 Å². The van der Waals surface area contributed by atoms with Crippen molar-refractivity contribution in [2.24, 2.45) is 5.41 Å². The van der Waals surface area contributed by atoms with Crippen LogP contribution in [0, 0.1) is 5.41 Å². The van der Waals surface area contributed by atoms with Crippen LogP contribution in [0.4, 0.5) is 0 Å². The van der Waals surface area contributed by atoms with Gasteiger partial charge in [-0.3, -0.25) is 0 Å². The van der Waals surface area contributed by atoms with Crippen molar-refractivity contribution < 1.29 is 5.11 Å². The summed E-state index contributed by atoms with van der Waals surface area (Å²) in [5.41, 5.74) is 1.40. The molecule has 1 heterocycles.